The van der Waals surface area contributed by atoms with E-state index < -0.39 is 5.60 Å². The quantitative estimate of drug-likeness (QED) is 0.798. The molecule has 1 atom stereocenters. The smallest absolute Gasteiger partial charge is 0.189 e. The predicted molar refractivity (Wildman–Crippen MR) is 91.7 cm³/mol. The number of carbonyl (C=O) groups is 2. The van der Waals surface area contributed by atoms with Crippen molar-refractivity contribution < 1.29 is 14.7 Å². The molecule has 0 bridgehead atoms. The molecule has 122 valence electrons. The Morgan fingerprint density at radius 3 is 2.43 bits per heavy atom. The Balaban J connectivity index is 2.03. The highest BCUT2D eigenvalue weighted by Gasteiger charge is 2.27. The fourth-order valence-electron chi connectivity index (χ4n) is 2.76. The molecule has 0 saturated carbocycles. The number of allylic oxidation sites excluding steroid dienone is 4. The Kier molecular flexibility index (Phi) is 5.32. The number of fused-ring (bicyclic) bond motifs is 1. The largest absolute Gasteiger partial charge is 0.390 e. The number of ketones is 2. The third kappa shape index (κ3) is 4.49. The molecule has 1 aromatic carbocycles. The number of hydrogen-bond acceptors (Lipinski definition) is 3. The van der Waals surface area contributed by atoms with E-state index in [0.29, 0.717) is 36.0 Å². The summed E-state index contributed by atoms with van der Waals surface area (Å²) >= 11 is 0. The van der Waals surface area contributed by atoms with Crippen LogP contribution in [0.5, 0.6) is 0 Å². The van der Waals surface area contributed by atoms with Crippen molar-refractivity contribution in [3.63, 3.8) is 0 Å². The molecule has 3 heteroatoms. The van der Waals surface area contributed by atoms with Crippen LogP contribution in [0.25, 0.3) is 0 Å². The molecule has 0 amide bonds. The van der Waals surface area contributed by atoms with Crippen molar-refractivity contribution in [3.05, 3.63) is 58.7 Å². The second-order valence-electron chi connectivity index (χ2n) is 6.73. The lowest BCUT2D eigenvalue weighted by Crippen LogP contribution is -2.25. The van der Waals surface area contributed by atoms with Crippen LogP contribution in [0.1, 0.15) is 67.2 Å². The first-order chi connectivity index (χ1) is 10.8. The van der Waals surface area contributed by atoms with Gasteiger partial charge in [0.15, 0.2) is 11.6 Å². The molecule has 0 fully saturated rings. The van der Waals surface area contributed by atoms with Crippen molar-refractivity contribution in [2.45, 2.75) is 52.1 Å². The van der Waals surface area contributed by atoms with Gasteiger partial charge in [-0.05, 0) is 52.5 Å². The molecular formula is C20H24O3. The number of aliphatic hydroxyl groups is 1. The van der Waals surface area contributed by atoms with Gasteiger partial charge in [-0.3, -0.25) is 9.59 Å². The molecule has 0 heterocycles. The zero-order valence-corrected chi connectivity index (χ0v) is 14.1. The lowest BCUT2D eigenvalue weighted by atomic mass is 9.84. The number of hydrogen-bond donors (Lipinski definition) is 1. The van der Waals surface area contributed by atoms with Crippen LogP contribution in [-0.2, 0) is 0 Å². The van der Waals surface area contributed by atoms with E-state index in [0.717, 1.165) is 6.42 Å². The number of rotatable bonds is 6. The molecule has 0 aromatic heterocycles. The highest BCUT2D eigenvalue weighted by Crippen LogP contribution is 2.27. The van der Waals surface area contributed by atoms with Gasteiger partial charge in [0.1, 0.15) is 0 Å². The van der Waals surface area contributed by atoms with E-state index in [1.165, 1.54) is 11.6 Å². The maximum atomic E-state index is 12.5. The Morgan fingerprint density at radius 2 is 1.78 bits per heavy atom. The van der Waals surface area contributed by atoms with Gasteiger partial charge in [-0.25, -0.2) is 0 Å². The molecular weight excluding hydrogens is 288 g/mol. The van der Waals surface area contributed by atoms with Gasteiger partial charge < -0.3 is 5.11 Å². The van der Waals surface area contributed by atoms with E-state index in [1.807, 2.05) is 13.8 Å². The first-order valence-corrected chi connectivity index (χ1v) is 8.04. The minimum absolute atomic E-state index is 0.0969. The van der Waals surface area contributed by atoms with Crippen LogP contribution in [0.3, 0.4) is 0 Å². The molecule has 2 rings (SSSR count). The number of Topliss-reactive ketones (excluding diaryl/α,β-unsaturated/α-hetero) is 1. The standard InChI is InChI=1S/C20H24O3/c1-14(2)7-6-11-20(3,23)12-10-15-13-18(21)16-8-4-5-9-17(16)19(15)22/h4-5,7-9,13,23H,6,10-12H2,1-3H3. The average Bonchev–Trinajstić information content (AvgIpc) is 2.49. The van der Waals surface area contributed by atoms with Gasteiger partial charge in [-0.15, -0.1) is 0 Å². The zero-order chi connectivity index (χ0) is 17.0. The van der Waals surface area contributed by atoms with E-state index in [1.54, 1.807) is 31.2 Å². The highest BCUT2D eigenvalue weighted by molar-refractivity contribution is 6.24. The molecule has 0 spiro atoms. The van der Waals surface area contributed by atoms with Crippen LogP contribution in [0.15, 0.2) is 47.6 Å². The normalized spacial score (nSPS) is 16.4. The Hall–Kier alpha value is -2.00. The minimum atomic E-state index is -0.840. The molecule has 23 heavy (non-hydrogen) atoms. The third-order valence-corrected chi connectivity index (χ3v) is 4.20. The summed E-state index contributed by atoms with van der Waals surface area (Å²) in [5.74, 6) is -0.223. The fourth-order valence-corrected chi connectivity index (χ4v) is 2.76. The lowest BCUT2D eigenvalue weighted by molar-refractivity contribution is 0.0430. The maximum absolute atomic E-state index is 12.5. The summed E-state index contributed by atoms with van der Waals surface area (Å²) in [5, 5.41) is 10.5. The minimum Gasteiger partial charge on any atom is -0.390 e. The van der Waals surface area contributed by atoms with Crippen molar-refractivity contribution in [2.75, 3.05) is 0 Å². The summed E-state index contributed by atoms with van der Waals surface area (Å²) in [6.45, 7) is 5.85. The fraction of sp³-hybridized carbons (Fsp3) is 0.400. The van der Waals surface area contributed by atoms with Crippen LogP contribution in [-0.4, -0.2) is 22.3 Å². The Labute approximate surface area is 137 Å². The van der Waals surface area contributed by atoms with E-state index >= 15 is 0 Å². The van der Waals surface area contributed by atoms with Gasteiger partial charge in [-0.1, -0.05) is 35.9 Å². The molecule has 1 aliphatic carbocycles. The second kappa shape index (κ2) is 7.05. The molecule has 0 aliphatic heterocycles. The van der Waals surface area contributed by atoms with Gasteiger partial charge in [0.2, 0.25) is 0 Å². The number of benzene rings is 1. The molecule has 0 saturated heterocycles. The van der Waals surface area contributed by atoms with Crippen LogP contribution in [0.2, 0.25) is 0 Å². The molecule has 1 N–H and O–H groups in total. The van der Waals surface area contributed by atoms with E-state index in [9.17, 15) is 14.7 Å². The van der Waals surface area contributed by atoms with Crippen LogP contribution in [0.4, 0.5) is 0 Å². The average molecular weight is 312 g/mol. The van der Waals surface area contributed by atoms with Crippen LogP contribution in [0, 0.1) is 0 Å². The van der Waals surface area contributed by atoms with Crippen molar-refractivity contribution >= 4 is 11.6 Å². The van der Waals surface area contributed by atoms with Crippen LogP contribution >= 0.6 is 0 Å². The maximum Gasteiger partial charge on any atom is 0.189 e. The van der Waals surface area contributed by atoms with Crippen molar-refractivity contribution in [1.29, 1.82) is 0 Å². The first kappa shape index (κ1) is 17.4. The second-order valence-corrected chi connectivity index (χ2v) is 6.73. The van der Waals surface area contributed by atoms with Gasteiger partial charge in [0.05, 0.1) is 5.60 Å². The monoisotopic (exact) mass is 312 g/mol. The van der Waals surface area contributed by atoms with E-state index in [4.69, 9.17) is 0 Å². The van der Waals surface area contributed by atoms with E-state index in [-0.39, 0.29) is 11.6 Å². The molecule has 1 aliphatic rings. The van der Waals surface area contributed by atoms with Gasteiger partial charge in [-0.2, -0.15) is 0 Å². The molecule has 1 aromatic rings. The van der Waals surface area contributed by atoms with E-state index in [2.05, 4.69) is 6.08 Å². The van der Waals surface area contributed by atoms with Crippen molar-refractivity contribution in [2.24, 2.45) is 0 Å². The molecule has 0 radical (unpaired) electrons. The van der Waals surface area contributed by atoms with Crippen LogP contribution < -0.4 is 0 Å². The first-order valence-electron chi connectivity index (χ1n) is 8.04. The van der Waals surface area contributed by atoms with Crippen molar-refractivity contribution in [3.8, 4) is 0 Å². The molecule has 3 nitrogen and oxygen atoms in total. The highest BCUT2D eigenvalue weighted by atomic mass is 16.3. The van der Waals surface area contributed by atoms with Gasteiger partial charge >= 0.3 is 0 Å². The topological polar surface area (TPSA) is 54.4 Å². The summed E-state index contributed by atoms with van der Waals surface area (Å²) in [6.07, 6.45) is 5.86. The summed E-state index contributed by atoms with van der Waals surface area (Å²) < 4.78 is 0. The summed E-state index contributed by atoms with van der Waals surface area (Å²) in [7, 11) is 0. The van der Waals surface area contributed by atoms with Gasteiger partial charge in [0.25, 0.3) is 0 Å². The zero-order valence-electron chi connectivity index (χ0n) is 14.1. The van der Waals surface area contributed by atoms with Gasteiger partial charge in [0, 0.05) is 16.7 Å². The Bertz CT molecular complexity index is 674. The summed E-state index contributed by atoms with van der Waals surface area (Å²) in [6, 6.07) is 6.90. The lowest BCUT2D eigenvalue weighted by Gasteiger charge is -2.24. The predicted octanol–water partition coefficient (Wildman–Crippen LogP) is 4.27. The summed E-state index contributed by atoms with van der Waals surface area (Å²) in [5.41, 5.74) is 1.83. The van der Waals surface area contributed by atoms with Crippen molar-refractivity contribution in [1.82, 2.24) is 0 Å². The molecule has 1 unspecified atom stereocenters. The summed E-state index contributed by atoms with van der Waals surface area (Å²) in [4.78, 5) is 24.6. The Morgan fingerprint density at radius 1 is 1.13 bits per heavy atom. The number of carbonyl (C=O) groups excluding carboxylic acids is 2. The SMILES string of the molecule is CC(C)=CCCC(C)(O)CCC1=CC(=O)c2ccccc2C1=O. The third-order valence-electron chi connectivity index (χ3n) is 4.20.